The number of hydrogen-bond acceptors (Lipinski definition) is 6. The fourth-order valence-corrected chi connectivity index (χ4v) is 1.38. The molecular weight excluding hydrogens is 236 g/mol. The molecule has 2 heterocycles. The van der Waals surface area contributed by atoms with Gasteiger partial charge in [-0.2, -0.15) is 0 Å². The Hall–Kier alpha value is -2.44. The molecule has 7 nitrogen and oxygen atoms in total. The molecule has 0 aliphatic heterocycles. The molecule has 2 rings (SSSR count). The first-order chi connectivity index (χ1) is 8.56. The first-order valence-electron chi connectivity index (χ1n) is 5.33. The van der Waals surface area contributed by atoms with E-state index in [9.17, 15) is 10.1 Å². The average Bonchev–Trinajstić information content (AvgIpc) is 2.67. The molecule has 0 radical (unpaired) electrons. The first-order valence-corrected chi connectivity index (χ1v) is 5.33. The SMILES string of the molecule is Cc1nc(CNc2ccc([N+](=O)[O-])cn2)oc1C. The molecule has 7 heteroatoms. The Kier molecular flexibility index (Phi) is 3.22. The number of nitrogens with one attached hydrogen (secondary N) is 1. The van der Waals surface area contributed by atoms with Crippen LogP contribution in [0.1, 0.15) is 17.3 Å². The summed E-state index contributed by atoms with van der Waals surface area (Å²) in [6, 6.07) is 2.93. The molecule has 0 bridgehead atoms. The maximum atomic E-state index is 10.5. The average molecular weight is 248 g/mol. The van der Waals surface area contributed by atoms with Gasteiger partial charge in [0.2, 0.25) is 5.89 Å². The third-order valence-corrected chi connectivity index (χ3v) is 2.45. The number of aromatic nitrogens is 2. The van der Waals surface area contributed by atoms with Crippen LogP contribution in [0.2, 0.25) is 0 Å². The van der Waals surface area contributed by atoms with E-state index in [2.05, 4.69) is 15.3 Å². The maximum Gasteiger partial charge on any atom is 0.287 e. The Bertz CT molecular complexity index is 543. The highest BCUT2D eigenvalue weighted by Gasteiger charge is 2.07. The number of oxazole rings is 1. The van der Waals surface area contributed by atoms with Crippen LogP contribution in [-0.4, -0.2) is 14.9 Å². The van der Waals surface area contributed by atoms with Gasteiger partial charge in [0, 0.05) is 6.07 Å². The lowest BCUT2D eigenvalue weighted by atomic mass is 10.4. The van der Waals surface area contributed by atoms with Crippen molar-refractivity contribution in [1.29, 1.82) is 0 Å². The number of nitro groups is 1. The molecule has 94 valence electrons. The van der Waals surface area contributed by atoms with E-state index < -0.39 is 4.92 Å². The summed E-state index contributed by atoms with van der Waals surface area (Å²) in [5, 5.41) is 13.4. The van der Waals surface area contributed by atoms with Gasteiger partial charge in [0.1, 0.15) is 17.8 Å². The van der Waals surface area contributed by atoms with Crippen LogP contribution >= 0.6 is 0 Å². The van der Waals surface area contributed by atoms with Crippen molar-refractivity contribution < 1.29 is 9.34 Å². The summed E-state index contributed by atoms with van der Waals surface area (Å²) in [7, 11) is 0. The summed E-state index contributed by atoms with van der Waals surface area (Å²) in [6.45, 7) is 4.10. The molecule has 2 aromatic heterocycles. The van der Waals surface area contributed by atoms with Crippen LogP contribution in [0.3, 0.4) is 0 Å². The van der Waals surface area contributed by atoms with Crippen LogP contribution in [0.4, 0.5) is 11.5 Å². The molecule has 0 amide bonds. The number of hydrogen-bond donors (Lipinski definition) is 1. The topological polar surface area (TPSA) is 94.1 Å². The monoisotopic (exact) mass is 248 g/mol. The van der Waals surface area contributed by atoms with Crippen molar-refractivity contribution in [3.05, 3.63) is 45.8 Å². The molecule has 18 heavy (non-hydrogen) atoms. The third kappa shape index (κ3) is 2.62. The summed E-state index contributed by atoms with van der Waals surface area (Å²) >= 11 is 0. The molecule has 0 aromatic carbocycles. The van der Waals surface area contributed by atoms with Gasteiger partial charge in [-0.25, -0.2) is 9.97 Å². The molecule has 1 N–H and O–H groups in total. The van der Waals surface area contributed by atoms with Gasteiger partial charge in [0.15, 0.2) is 0 Å². The van der Waals surface area contributed by atoms with Crippen LogP contribution in [-0.2, 0) is 6.54 Å². The second-order valence-corrected chi connectivity index (χ2v) is 3.76. The van der Waals surface area contributed by atoms with Gasteiger partial charge in [-0.3, -0.25) is 10.1 Å². The van der Waals surface area contributed by atoms with E-state index in [4.69, 9.17) is 4.42 Å². The van der Waals surface area contributed by atoms with Gasteiger partial charge in [0.05, 0.1) is 17.2 Å². The predicted molar refractivity (Wildman–Crippen MR) is 64.2 cm³/mol. The van der Waals surface area contributed by atoms with Crippen LogP contribution in [0.15, 0.2) is 22.7 Å². The number of pyridine rings is 1. The highest BCUT2D eigenvalue weighted by molar-refractivity contribution is 5.40. The predicted octanol–water partition coefficient (Wildman–Crippen LogP) is 2.21. The second-order valence-electron chi connectivity index (χ2n) is 3.76. The molecule has 0 aliphatic rings. The van der Waals surface area contributed by atoms with E-state index in [1.165, 1.54) is 12.3 Å². The van der Waals surface area contributed by atoms with E-state index in [0.717, 1.165) is 11.5 Å². The van der Waals surface area contributed by atoms with E-state index in [-0.39, 0.29) is 5.69 Å². The number of rotatable bonds is 4. The van der Waals surface area contributed by atoms with Crippen molar-refractivity contribution in [2.75, 3.05) is 5.32 Å². The van der Waals surface area contributed by atoms with Crippen molar-refractivity contribution in [2.24, 2.45) is 0 Å². The molecule has 0 unspecified atom stereocenters. The van der Waals surface area contributed by atoms with Gasteiger partial charge in [-0.1, -0.05) is 0 Å². The minimum atomic E-state index is -0.489. The molecule has 0 atom stereocenters. The standard InChI is InChI=1S/C11H12N4O3/c1-7-8(2)18-11(14-7)6-13-10-4-3-9(5-12-10)15(16)17/h3-5H,6H2,1-2H3,(H,12,13). The number of aryl methyl sites for hydroxylation is 2. The fraction of sp³-hybridized carbons (Fsp3) is 0.273. The second kappa shape index (κ2) is 4.82. The van der Waals surface area contributed by atoms with Crippen LogP contribution in [0.25, 0.3) is 0 Å². The van der Waals surface area contributed by atoms with E-state index in [1.54, 1.807) is 6.07 Å². The molecule has 0 aliphatic carbocycles. The van der Waals surface area contributed by atoms with Crippen molar-refractivity contribution in [3.8, 4) is 0 Å². The fourth-order valence-electron chi connectivity index (χ4n) is 1.38. The highest BCUT2D eigenvalue weighted by atomic mass is 16.6. The zero-order chi connectivity index (χ0) is 13.1. The molecule has 2 aromatic rings. The van der Waals surface area contributed by atoms with E-state index >= 15 is 0 Å². The van der Waals surface area contributed by atoms with Crippen molar-refractivity contribution in [3.63, 3.8) is 0 Å². The van der Waals surface area contributed by atoms with Gasteiger partial charge in [-0.05, 0) is 19.9 Å². The van der Waals surface area contributed by atoms with Gasteiger partial charge in [-0.15, -0.1) is 0 Å². The summed E-state index contributed by atoms with van der Waals surface area (Å²) in [4.78, 5) is 18.1. The zero-order valence-electron chi connectivity index (χ0n) is 10.0. The molecule has 0 saturated heterocycles. The Labute approximate surface area is 103 Å². The van der Waals surface area contributed by atoms with Crippen molar-refractivity contribution >= 4 is 11.5 Å². The minimum Gasteiger partial charge on any atom is -0.444 e. The summed E-state index contributed by atoms with van der Waals surface area (Å²) in [6.07, 6.45) is 1.20. The number of nitrogens with zero attached hydrogens (tertiary/aromatic N) is 3. The number of anilines is 1. The molecular formula is C11H12N4O3. The Morgan fingerprint density at radius 2 is 2.22 bits per heavy atom. The third-order valence-electron chi connectivity index (χ3n) is 2.45. The highest BCUT2D eigenvalue weighted by Crippen LogP contribution is 2.13. The normalized spacial score (nSPS) is 10.3. The molecule has 0 spiro atoms. The first kappa shape index (κ1) is 12.0. The van der Waals surface area contributed by atoms with Gasteiger partial charge >= 0.3 is 0 Å². The van der Waals surface area contributed by atoms with Gasteiger partial charge in [0.25, 0.3) is 5.69 Å². The Morgan fingerprint density at radius 1 is 1.44 bits per heavy atom. The van der Waals surface area contributed by atoms with Crippen LogP contribution in [0.5, 0.6) is 0 Å². The molecule has 0 fully saturated rings. The van der Waals surface area contributed by atoms with E-state index in [1.807, 2.05) is 13.8 Å². The minimum absolute atomic E-state index is 0.0386. The largest absolute Gasteiger partial charge is 0.444 e. The lowest BCUT2D eigenvalue weighted by molar-refractivity contribution is -0.385. The van der Waals surface area contributed by atoms with Gasteiger partial charge < -0.3 is 9.73 Å². The summed E-state index contributed by atoms with van der Waals surface area (Å²) in [5.41, 5.74) is 0.812. The van der Waals surface area contributed by atoms with Crippen molar-refractivity contribution in [1.82, 2.24) is 9.97 Å². The molecule has 0 saturated carbocycles. The maximum absolute atomic E-state index is 10.5. The Morgan fingerprint density at radius 3 is 2.72 bits per heavy atom. The Balaban J connectivity index is 2.00. The van der Waals surface area contributed by atoms with Crippen LogP contribution < -0.4 is 5.32 Å². The van der Waals surface area contributed by atoms with Crippen LogP contribution in [0, 0.1) is 24.0 Å². The lowest BCUT2D eigenvalue weighted by Gasteiger charge is -2.01. The van der Waals surface area contributed by atoms with E-state index in [0.29, 0.717) is 18.3 Å². The quantitative estimate of drug-likeness (QED) is 0.658. The summed E-state index contributed by atoms with van der Waals surface area (Å²) in [5.74, 6) is 1.88. The summed E-state index contributed by atoms with van der Waals surface area (Å²) < 4.78 is 5.39. The zero-order valence-corrected chi connectivity index (χ0v) is 10.0. The van der Waals surface area contributed by atoms with Crippen molar-refractivity contribution in [2.45, 2.75) is 20.4 Å². The lowest BCUT2D eigenvalue weighted by Crippen LogP contribution is -2.01. The smallest absolute Gasteiger partial charge is 0.287 e.